The fourth-order valence-electron chi connectivity index (χ4n) is 5.09. The third-order valence-electron chi connectivity index (χ3n) is 7.17. The van der Waals surface area contributed by atoms with Crippen LogP contribution >= 0.6 is 0 Å². The molecular weight excluding hydrogens is 422 g/mol. The molecule has 2 N–H and O–H groups in total. The molecule has 1 saturated carbocycles. The van der Waals surface area contributed by atoms with Crippen LogP contribution in [0.3, 0.4) is 0 Å². The molecule has 4 rings (SSSR count). The summed E-state index contributed by atoms with van der Waals surface area (Å²) in [7, 11) is 1.56. The fourth-order valence-corrected chi connectivity index (χ4v) is 5.09. The first-order chi connectivity index (χ1) is 15.9. The molecule has 2 aliphatic heterocycles. The highest BCUT2D eigenvalue weighted by molar-refractivity contribution is 6.08. The van der Waals surface area contributed by atoms with Crippen molar-refractivity contribution in [2.24, 2.45) is 5.92 Å². The van der Waals surface area contributed by atoms with E-state index in [4.69, 9.17) is 4.74 Å². The smallest absolute Gasteiger partial charge is 0.344 e. The van der Waals surface area contributed by atoms with Gasteiger partial charge in [-0.2, -0.15) is 5.01 Å². The Balaban J connectivity index is 1.27. The quantitative estimate of drug-likeness (QED) is 0.606. The Labute approximate surface area is 195 Å². The number of hydrazine groups is 1. The number of rotatable bonds is 7. The van der Waals surface area contributed by atoms with E-state index in [2.05, 4.69) is 20.5 Å². The minimum atomic E-state index is -1.25. The van der Waals surface area contributed by atoms with Crippen molar-refractivity contribution in [3.8, 4) is 5.75 Å². The van der Waals surface area contributed by atoms with Crippen LogP contribution < -0.4 is 15.5 Å². The number of carbonyl (C=O) groups is 3. The van der Waals surface area contributed by atoms with Gasteiger partial charge in [-0.15, -0.1) is 0 Å². The molecule has 0 bridgehead atoms. The van der Waals surface area contributed by atoms with Gasteiger partial charge < -0.3 is 15.0 Å². The molecule has 1 aliphatic carbocycles. The summed E-state index contributed by atoms with van der Waals surface area (Å²) in [6, 6.07) is 6.29. The van der Waals surface area contributed by atoms with Gasteiger partial charge in [0.25, 0.3) is 11.8 Å². The number of methoxy groups -OCH3 is 1. The summed E-state index contributed by atoms with van der Waals surface area (Å²) in [6.45, 7) is 6.46. The molecule has 1 aromatic carbocycles. The van der Waals surface area contributed by atoms with Crippen molar-refractivity contribution in [2.45, 2.75) is 44.6 Å². The Bertz CT molecular complexity index is 862. The first-order valence-corrected chi connectivity index (χ1v) is 11.9. The number of hydrogen-bond acceptors (Lipinski definition) is 6. The van der Waals surface area contributed by atoms with Crippen molar-refractivity contribution in [1.29, 1.82) is 0 Å². The standard InChI is InChI=1S/C24H35N5O4/c1-24(19-8-10-20(33-2)11-9-19)22(31)29(23(32)25-24)26-21(30)17-28-14-12-27(13-15-28)16-18-6-4-3-5-7-18/h8-11,18H,3-7,12-17H2,1-2H3,(H,25,32)(H,26,30). The third-order valence-corrected chi connectivity index (χ3v) is 7.17. The van der Waals surface area contributed by atoms with Crippen LogP contribution in [0.15, 0.2) is 24.3 Å². The summed E-state index contributed by atoms with van der Waals surface area (Å²) in [5, 5.41) is 3.50. The summed E-state index contributed by atoms with van der Waals surface area (Å²) >= 11 is 0. The number of nitrogens with one attached hydrogen (secondary N) is 2. The van der Waals surface area contributed by atoms with E-state index in [0.29, 0.717) is 11.3 Å². The van der Waals surface area contributed by atoms with Crippen molar-refractivity contribution in [2.75, 3.05) is 46.4 Å². The lowest BCUT2D eigenvalue weighted by Crippen LogP contribution is -2.54. The molecule has 3 fully saturated rings. The first-order valence-electron chi connectivity index (χ1n) is 11.9. The van der Waals surface area contributed by atoms with E-state index in [-0.39, 0.29) is 12.5 Å². The predicted molar refractivity (Wildman–Crippen MR) is 123 cm³/mol. The molecule has 9 nitrogen and oxygen atoms in total. The zero-order valence-electron chi connectivity index (χ0n) is 19.6. The number of nitrogens with zero attached hydrogens (tertiary/aromatic N) is 3. The summed E-state index contributed by atoms with van der Waals surface area (Å²) in [5.74, 6) is 0.595. The summed E-state index contributed by atoms with van der Waals surface area (Å²) in [4.78, 5) is 42.7. The van der Waals surface area contributed by atoms with Gasteiger partial charge in [0.15, 0.2) is 0 Å². The number of ether oxygens (including phenoxy) is 1. The average Bonchev–Trinajstić information content (AvgIpc) is 3.05. The molecule has 0 spiro atoms. The fraction of sp³-hybridized carbons (Fsp3) is 0.625. The Kier molecular flexibility index (Phi) is 7.19. The first kappa shape index (κ1) is 23.5. The maximum atomic E-state index is 13.0. The second kappa shape index (κ2) is 10.1. The van der Waals surface area contributed by atoms with Crippen LogP contribution in [0.2, 0.25) is 0 Å². The SMILES string of the molecule is COc1ccc(C2(C)NC(=O)N(NC(=O)CN3CCN(CC4CCCCC4)CC3)C2=O)cc1. The summed E-state index contributed by atoms with van der Waals surface area (Å²) < 4.78 is 5.16. The second-order valence-corrected chi connectivity index (χ2v) is 9.54. The van der Waals surface area contributed by atoms with Gasteiger partial charge >= 0.3 is 6.03 Å². The zero-order valence-corrected chi connectivity index (χ0v) is 19.6. The van der Waals surface area contributed by atoms with Gasteiger partial charge in [-0.25, -0.2) is 4.79 Å². The van der Waals surface area contributed by atoms with E-state index in [0.717, 1.165) is 43.7 Å². The van der Waals surface area contributed by atoms with Gasteiger partial charge in [-0.1, -0.05) is 31.4 Å². The molecule has 9 heteroatoms. The van der Waals surface area contributed by atoms with Crippen molar-refractivity contribution in [3.63, 3.8) is 0 Å². The number of carbonyl (C=O) groups excluding carboxylic acids is 3. The molecular formula is C24H35N5O4. The lowest BCUT2D eigenvalue weighted by molar-refractivity contribution is -0.139. The molecule has 0 radical (unpaired) electrons. The van der Waals surface area contributed by atoms with Crippen molar-refractivity contribution < 1.29 is 19.1 Å². The van der Waals surface area contributed by atoms with Crippen LogP contribution in [0.4, 0.5) is 4.79 Å². The lowest BCUT2D eigenvalue weighted by atomic mass is 9.89. The highest BCUT2D eigenvalue weighted by atomic mass is 16.5. The maximum Gasteiger partial charge on any atom is 0.344 e. The Hall–Kier alpha value is -2.65. The number of hydrogen-bond donors (Lipinski definition) is 2. The van der Waals surface area contributed by atoms with Crippen LogP contribution in [0.1, 0.15) is 44.6 Å². The zero-order chi connectivity index (χ0) is 23.4. The molecule has 180 valence electrons. The number of urea groups is 1. The van der Waals surface area contributed by atoms with Crippen LogP contribution in [-0.4, -0.2) is 79.0 Å². The molecule has 2 saturated heterocycles. The molecule has 33 heavy (non-hydrogen) atoms. The molecule has 1 unspecified atom stereocenters. The summed E-state index contributed by atoms with van der Waals surface area (Å²) in [6.07, 6.45) is 6.75. The van der Waals surface area contributed by atoms with E-state index >= 15 is 0 Å². The maximum absolute atomic E-state index is 13.0. The van der Waals surface area contributed by atoms with Gasteiger partial charge in [-0.3, -0.25) is 19.9 Å². The van der Waals surface area contributed by atoms with E-state index in [1.54, 1.807) is 38.3 Å². The normalized spacial score (nSPS) is 25.2. The van der Waals surface area contributed by atoms with E-state index < -0.39 is 17.5 Å². The monoisotopic (exact) mass is 457 g/mol. The van der Waals surface area contributed by atoms with Gasteiger partial charge in [0, 0.05) is 32.7 Å². The minimum Gasteiger partial charge on any atom is -0.497 e. The molecule has 2 heterocycles. The van der Waals surface area contributed by atoms with Crippen LogP contribution in [0.5, 0.6) is 5.75 Å². The lowest BCUT2D eigenvalue weighted by Gasteiger charge is -2.37. The van der Waals surface area contributed by atoms with E-state index in [1.165, 1.54) is 32.1 Å². The number of benzene rings is 1. The third kappa shape index (κ3) is 5.30. The van der Waals surface area contributed by atoms with Gasteiger partial charge in [0.2, 0.25) is 0 Å². The largest absolute Gasteiger partial charge is 0.497 e. The molecule has 3 aliphatic rings. The van der Waals surface area contributed by atoms with Gasteiger partial charge in [0.05, 0.1) is 13.7 Å². The molecule has 1 aromatic rings. The number of amides is 4. The average molecular weight is 458 g/mol. The van der Waals surface area contributed by atoms with Crippen LogP contribution in [0, 0.1) is 5.92 Å². The molecule has 1 atom stereocenters. The highest BCUT2D eigenvalue weighted by Crippen LogP contribution is 2.29. The molecule has 0 aromatic heterocycles. The minimum absolute atomic E-state index is 0.160. The van der Waals surface area contributed by atoms with E-state index in [9.17, 15) is 14.4 Å². The Morgan fingerprint density at radius 1 is 1.06 bits per heavy atom. The highest BCUT2D eigenvalue weighted by Gasteiger charge is 2.50. The number of imide groups is 1. The van der Waals surface area contributed by atoms with Crippen LogP contribution in [-0.2, 0) is 15.1 Å². The summed E-state index contributed by atoms with van der Waals surface area (Å²) in [5.41, 5.74) is 1.87. The van der Waals surface area contributed by atoms with Crippen LogP contribution in [0.25, 0.3) is 0 Å². The second-order valence-electron chi connectivity index (χ2n) is 9.54. The van der Waals surface area contributed by atoms with Gasteiger partial charge in [0.1, 0.15) is 11.3 Å². The predicted octanol–water partition coefficient (Wildman–Crippen LogP) is 1.69. The molecule has 4 amide bonds. The Morgan fingerprint density at radius 3 is 2.33 bits per heavy atom. The van der Waals surface area contributed by atoms with Crippen molar-refractivity contribution in [3.05, 3.63) is 29.8 Å². The van der Waals surface area contributed by atoms with Gasteiger partial charge in [-0.05, 0) is 43.4 Å². The number of piperazine rings is 1. The van der Waals surface area contributed by atoms with Crippen molar-refractivity contribution in [1.82, 2.24) is 25.6 Å². The van der Waals surface area contributed by atoms with E-state index in [1.807, 2.05) is 0 Å². The topological polar surface area (TPSA) is 94.2 Å². The van der Waals surface area contributed by atoms with Crippen molar-refractivity contribution >= 4 is 17.8 Å². The Morgan fingerprint density at radius 2 is 1.70 bits per heavy atom.